The van der Waals surface area contributed by atoms with Gasteiger partial charge in [0.2, 0.25) is 6.93 Å². The first-order valence-electron chi connectivity index (χ1n) is 4.26. The monoisotopic (exact) mass is 396 g/mol. The maximum absolute atomic E-state index is 11.6. The van der Waals surface area contributed by atoms with Gasteiger partial charge in [0.15, 0.2) is 6.67 Å². The van der Waals surface area contributed by atoms with Crippen molar-refractivity contribution >= 4 is 10.6 Å². The Kier molecular flexibility index (Phi) is 36.6. The fourth-order valence-electron chi connectivity index (χ4n) is 0.0498. The predicted molar refractivity (Wildman–Crippen MR) is 54.0 cm³/mol. The van der Waals surface area contributed by atoms with Crippen LogP contribution in [0.25, 0.3) is 0 Å². The maximum Gasteiger partial charge on any atom is 0.425 e. The fraction of sp³-hybridized carbons (Fsp3) is 0.714. The summed E-state index contributed by atoms with van der Waals surface area (Å²) in [6, 6.07) is -2.49. The highest BCUT2D eigenvalue weighted by molar-refractivity contribution is 7.59. The van der Waals surface area contributed by atoms with E-state index in [1.807, 2.05) is 4.94 Å². The molecule has 0 aliphatic rings. The first-order chi connectivity index (χ1) is 10.4. The Morgan fingerprint density at radius 1 is 1.00 bits per heavy atom. The Bertz CT molecular complexity index is 342. The first-order valence-corrected chi connectivity index (χ1v) is 5.26. The molecule has 0 aliphatic carbocycles. The number of alkyl halides is 5. The van der Waals surface area contributed by atoms with Crippen molar-refractivity contribution in [1.82, 2.24) is 0 Å². The molecule has 1 atom stereocenters. The van der Waals surface area contributed by atoms with Gasteiger partial charge in [-0.05, 0) is 4.53 Å². The van der Waals surface area contributed by atoms with Crippen LogP contribution in [-0.2, 0) is 20.5 Å². The molecule has 23 heavy (non-hydrogen) atoms. The van der Waals surface area contributed by atoms with E-state index >= 15 is 0 Å². The lowest BCUT2D eigenvalue weighted by atomic mass is 10.4. The second-order valence-electron chi connectivity index (χ2n) is 2.23. The van der Waals surface area contributed by atoms with Crippen molar-refractivity contribution < 1.29 is 66.7 Å². The Labute approximate surface area is 124 Å². The lowest BCUT2D eigenvalue weighted by Gasteiger charge is -2.06. The average Bonchev–Trinajstić information content (AvgIpc) is 2.49. The van der Waals surface area contributed by atoms with Gasteiger partial charge < -0.3 is 0 Å². The molecule has 0 N–H and O–H groups in total. The molecular weight excluding hydrogens is 386 g/mol. The summed E-state index contributed by atoms with van der Waals surface area (Å²) in [4.78, 5) is 4.52. The van der Waals surface area contributed by atoms with Crippen LogP contribution in [0.4, 0.5) is 44.2 Å². The molecule has 144 valence electrons. The molecule has 0 bridgehead atoms. The molecule has 0 rings (SSSR count). The fourth-order valence-corrected chi connectivity index (χ4v) is 0.0498. The molecule has 0 saturated carbocycles. The standard InChI is InChI=1S/C3H5F3O.C2F4O.CH2F2.CH3F.O3S/c1-3(5,2-4)7-6;3-1(4)2(5)7-6;2-1-3;1-2;1-4(2)3/h2H2,1H3;;1H2;1H3;. The molecule has 0 radical (unpaired) electrons. The SMILES string of the molecule is CC(F)(CF)OF.CF.FCF.FOC(F)=C(F)F.O=S(=O)=O. The van der Waals surface area contributed by atoms with Gasteiger partial charge in [0.25, 0.3) is 5.85 Å². The Morgan fingerprint density at radius 3 is 1.26 bits per heavy atom. The summed E-state index contributed by atoms with van der Waals surface area (Å²) in [5.74, 6) is -2.75. The molecule has 0 fully saturated rings. The maximum atomic E-state index is 11.6. The van der Waals surface area contributed by atoms with Crippen molar-refractivity contribution in [3.63, 3.8) is 0 Å². The largest absolute Gasteiger partial charge is 0.425 e. The topological polar surface area (TPSA) is 69.7 Å². The molecule has 0 aliphatic heterocycles. The summed E-state index contributed by atoms with van der Waals surface area (Å²) < 4.78 is 129. The summed E-state index contributed by atoms with van der Waals surface area (Å²) in [5, 5.41) is 0. The minimum absolute atomic E-state index is 0.500. The Morgan fingerprint density at radius 2 is 1.26 bits per heavy atom. The van der Waals surface area contributed by atoms with Gasteiger partial charge in [-0.1, -0.05) is 0 Å². The third-order valence-electron chi connectivity index (χ3n) is 0.616. The van der Waals surface area contributed by atoms with Gasteiger partial charge in [0, 0.05) is 11.4 Å². The zero-order chi connectivity index (χ0) is 20.1. The molecule has 0 spiro atoms. The van der Waals surface area contributed by atoms with Crippen molar-refractivity contribution in [2.45, 2.75) is 12.8 Å². The number of hydrogen-bond donors (Lipinski definition) is 0. The third-order valence-corrected chi connectivity index (χ3v) is 0.616. The minimum atomic E-state index is -3.11. The quantitative estimate of drug-likeness (QED) is 0.534. The van der Waals surface area contributed by atoms with Crippen LogP contribution < -0.4 is 0 Å². The normalized spacial score (nSPS) is 10.3. The summed E-state index contributed by atoms with van der Waals surface area (Å²) in [7, 11) is -2.61. The number of halogens is 10. The van der Waals surface area contributed by atoms with Crippen LogP contribution in [0.5, 0.6) is 0 Å². The highest BCUT2D eigenvalue weighted by Gasteiger charge is 2.24. The van der Waals surface area contributed by atoms with Gasteiger partial charge in [-0.15, -0.1) is 12.6 Å². The smallest absolute Gasteiger partial charge is 0.257 e. The van der Waals surface area contributed by atoms with Gasteiger partial charge in [-0.2, -0.15) is 18.1 Å². The molecule has 0 aromatic heterocycles. The zero-order valence-corrected chi connectivity index (χ0v) is 12.0. The molecule has 1 unspecified atom stereocenters. The first kappa shape index (κ1) is 33.1. The van der Waals surface area contributed by atoms with Crippen molar-refractivity contribution in [2.24, 2.45) is 0 Å². The number of rotatable bonds is 3. The van der Waals surface area contributed by atoms with Gasteiger partial charge in [-0.25, -0.2) is 17.6 Å². The molecule has 0 aromatic rings. The van der Waals surface area contributed by atoms with E-state index in [2.05, 4.69) is 4.94 Å². The minimum Gasteiger partial charge on any atom is -0.257 e. The van der Waals surface area contributed by atoms with E-state index in [1.165, 1.54) is 0 Å². The van der Waals surface area contributed by atoms with Crippen LogP contribution in [0.2, 0.25) is 0 Å². The van der Waals surface area contributed by atoms with E-state index in [9.17, 15) is 44.2 Å². The summed E-state index contributed by atoms with van der Waals surface area (Å²) in [6.45, 7) is -2.56. The lowest BCUT2D eigenvalue weighted by Crippen LogP contribution is -2.20. The highest BCUT2D eigenvalue weighted by Crippen LogP contribution is 2.11. The molecule has 5 nitrogen and oxygen atoms in total. The lowest BCUT2D eigenvalue weighted by molar-refractivity contribution is -0.289. The van der Waals surface area contributed by atoms with E-state index in [1.54, 1.807) is 0 Å². The van der Waals surface area contributed by atoms with Crippen molar-refractivity contribution in [3.05, 3.63) is 12.1 Å². The van der Waals surface area contributed by atoms with Gasteiger partial charge in [0.1, 0.15) is 0 Å². The van der Waals surface area contributed by atoms with Crippen LogP contribution >= 0.6 is 0 Å². The number of hydrogen-bond acceptors (Lipinski definition) is 5. The molecule has 0 heterocycles. The van der Waals surface area contributed by atoms with Crippen molar-refractivity contribution in [2.75, 3.05) is 20.8 Å². The van der Waals surface area contributed by atoms with Gasteiger partial charge in [-0.3, -0.25) is 9.33 Å². The predicted octanol–water partition coefficient (Wildman–Crippen LogP) is 3.93. The molecule has 0 aromatic carbocycles. The van der Waals surface area contributed by atoms with Gasteiger partial charge >= 0.3 is 22.7 Å². The second kappa shape index (κ2) is 25.4. The second-order valence-corrected chi connectivity index (χ2v) is 2.64. The van der Waals surface area contributed by atoms with E-state index in [0.717, 1.165) is 0 Å². The summed E-state index contributed by atoms with van der Waals surface area (Å²) >= 11 is 0. The van der Waals surface area contributed by atoms with Gasteiger partial charge in [0.05, 0.1) is 7.18 Å². The van der Waals surface area contributed by atoms with E-state index in [0.29, 0.717) is 14.1 Å². The molecule has 0 amide bonds. The summed E-state index contributed by atoms with van der Waals surface area (Å²) in [6.07, 6.45) is -2.80. The zero-order valence-electron chi connectivity index (χ0n) is 11.1. The van der Waals surface area contributed by atoms with E-state index < -0.39 is 42.2 Å². The Hall–Kier alpha value is -1.58. The van der Waals surface area contributed by atoms with Crippen LogP contribution in [0.3, 0.4) is 0 Å². The van der Waals surface area contributed by atoms with Crippen LogP contribution in [-0.4, -0.2) is 39.3 Å². The van der Waals surface area contributed by atoms with Crippen LogP contribution in [0, 0.1) is 0 Å². The highest BCUT2D eigenvalue weighted by atomic mass is 32.2. The van der Waals surface area contributed by atoms with E-state index in [-0.39, 0.29) is 0 Å². The third kappa shape index (κ3) is 63.8. The Balaban J connectivity index is -0.0000000633. The van der Waals surface area contributed by atoms with Crippen molar-refractivity contribution in [1.29, 1.82) is 0 Å². The van der Waals surface area contributed by atoms with Crippen molar-refractivity contribution in [3.8, 4) is 0 Å². The molecule has 16 heteroatoms. The molecule has 0 saturated heterocycles. The average molecular weight is 396 g/mol. The molecular formula is C7H10F10O5S. The van der Waals surface area contributed by atoms with Crippen LogP contribution in [0.1, 0.15) is 6.92 Å². The summed E-state index contributed by atoms with van der Waals surface area (Å²) in [5.41, 5.74) is 0. The van der Waals surface area contributed by atoms with E-state index in [4.69, 9.17) is 12.6 Å². The van der Waals surface area contributed by atoms with Crippen LogP contribution in [0.15, 0.2) is 12.1 Å².